The summed E-state index contributed by atoms with van der Waals surface area (Å²) in [5.74, 6) is -0.0446. The van der Waals surface area contributed by atoms with Crippen LogP contribution in [0.1, 0.15) is 17.9 Å². The SMILES string of the molecule is Cc1noc(C)c1-c1cc(F)nc(O[C@@H]2CCN(C3=C(Cl)C(=O)CN=C3)C2)c1. The predicted molar refractivity (Wildman–Crippen MR) is 101 cm³/mol. The van der Waals surface area contributed by atoms with Gasteiger partial charge >= 0.3 is 0 Å². The van der Waals surface area contributed by atoms with Gasteiger partial charge < -0.3 is 14.2 Å². The monoisotopic (exact) mass is 404 g/mol. The van der Waals surface area contributed by atoms with Crippen LogP contribution in [-0.2, 0) is 4.79 Å². The zero-order valence-corrected chi connectivity index (χ0v) is 16.2. The molecule has 146 valence electrons. The first-order valence-corrected chi connectivity index (χ1v) is 9.25. The standard InChI is InChI=1S/C19H18ClFN4O3/c1-10-18(11(2)28-24-10)12-5-16(21)23-17(6-12)27-13-3-4-25(9-13)14-7-22-8-15(26)19(14)20/h5-7,13H,3-4,8-9H2,1-2H3/t13-/m1/s1. The molecule has 28 heavy (non-hydrogen) atoms. The molecule has 1 fully saturated rings. The Labute approximate surface area is 165 Å². The highest BCUT2D eigenvalue weighted by atomic mass is 35.5. The topological polar surface area (TPSA) is 80.8 Å². The van der Waals surface area contributed by atoms with Gasteiger partial charge in [-0.3, -0.25) is 9.79 Å². The molecule has 0 spiro atoms. The molecule has 7 nitrogen and oxygen atoms in total. The van der Waals surface area contributed by atoms with Crippen LogP contribution >= 0.6 is 11.6 Å². The molecule has 0 radical (unpaired) electrons. The number of allylic oxidation sites excluding steroid dienone is 1. The summed E-state index contributed by atoms with van der Waals surface area (Å²) in [5, 5.41) is 4.10. The number of hydrogen-bond acceptors (Lipinski definition) is 7. The molecule has 0 amide bonds. The summed E-state index contributed by atoms with van der Waals surface area (Å²) in [5.41, 5.74) is 2.61. The molecule has 1 atom stereocenters. The quantitative estimate of drug-likeness (QED) is 0.728. The van der Waals surface area contributed by atoms with E-state index in [0.29, 0.717) is 42.2 Å². The van der Waals surface area contributed by atoms with Crippen LogP contribution in [0.15, 0.2) is 32.4 Å². The van der Waals surface area contributed by atoms with E-state index in [9.17, 15) is 9.18 Å². The summed E-state index contributed by atoms with van der Waals surface area (Å²) < 4.78 is 25.2. The summed E-state index contributed by atoms with van der Waals surface area (Å²) in [7, 11) is 0. The number of hydrogen-bond donors (Lipinski definition) is 0. The fourth-order valence-electron chi connectivity index (χ4n) is 3.49. The van der Waals surface area contributed by atoms with Crippen molar-refractivity contribution in [3.8, 4) is 17.0 Å². The van der Waals surface area contributed by atoms with Gasteiger partial charge in [0.25, 0.3) is 0 Å². The van der Waals surface area contributed by atoms with Crippen LogP contribution in [0.25, 0.3) is 11.1 Å². The summed E-state index contributed by atoms with van der Waals surface area (Å²) in [6.45, 7) is 4.80. The Balaban J connectivity index is 1.52. The lowest BCUT2D eigenvalue weighted by atomic mass is 10.1. The second-order valence-electron chi connectivity index (χ2n) is 6.78. The number of nitrogens with zero attached hydrogens (tertiary/aromatic N) is 4. The van der Waals surface area contributed by atoms with Gasteiger partial charge in [0.15, 0.2) is 5.78 Å². The molecule has 4 heterocycles. The van der Waals surface area contributed by atoms with Gasteiger partial charge in [-0.15, -0.1) is 0 Å². The number of carbonyl (C=O) groups excluding carboxylic acids is 1. The Morgan fingerprint density at radius 1 is 1.36 bits per heavy atom. The molecule has 2 aliphatic rings. The first kappa shape index (κ1) is 18.6. The normalized spacial score (nSPS) is 19.6. The average molecular weight is 405 g/mol. The van der Waals surface area contributed by atoms with E-state index in [2.05, 4.69) is 15.1 Å². The first-order chi connectivity index (χ1) is 13.4. The van der Waals surface area contributed by atoms with E-state index in [1.54, 1.807) is 26.1 Å². The maximum Gasteiger partial charge on any atom is 0.216 e. The third-order valence-electron chi connectivity index (χ3n) is 4.78. The van der Waals surface area contributed by atoms with Crippen molar-refractivity contribution in [2.45, 2.75) is 26.4 Å². The average Bonchev–Trinajstić information content (AvgIpc) is 3.23. The van der Waals surface area contributed by atoms with Crippen molar-refractivity contribution >= 4 is 23.6 Å². The van der Waals surface area contributed by atoms with E-state index in [4.69, 9.17) is 20.9 Å². The number of Topliss-reactive ketones (excluding diaryl/α,β-unsaturated/α-hetero) is 1. The predicted octanol–water partition coefficient (Wildman–Crippen LogP) is 3.05. The number of aryl methyl sites for hydroxylation is 2. The van der Waals surface area contributed by atoms with Crippen LogP contribution in [0.4, 0.5) is 4.39 Å². The summed E-state index contributed by atoms with van der Waals surface area (Å²) in [4.78, 5) is 21.6. The number of aliphatic imine (C=N–C) groups is 1. The van der Waals surface area contributed by atoms with Crippen LogP contribution in [0.2, 0.25) is 0 Å². The van der Waals surface area contributed by atoms with Gasteiger partial charge in [0.2, 0.25) is 11.8 Å². The molecule has 0 unspecified atom stereocenters. The van der Waals surface area contributed by atoms with Crippen molar-refractivity contribution in [1.82, 2.24) is 15.0 Å². The lowest BCUT2D eigenvalue weighted by Crippen LogP contribution is -2.28. The highest BCUT2D eigenvalue weighted by molar-refractivity contribution is 6.44. The molecule has 0 saturated carbocycles. The fourth-order valence-corrected chi connectivity index (χ4v) is 3.72. The Morgan fingerprint density at radius 2 is 2.18 bits per heavy atom. The molecule has 0 N–H and O–H groups in total. The lowest BCUT2D eigenvalue weighted by molar-refractivity contribution is -0.113. The van der Waals surface area contributed by atoms with Gasteiger partial charge in [-0.25, -0.2) is 0 Å². The van der Waals surface area contributed by atoms with Crippen LogP contribution in [-0.4, -0.2) is 52.8 Å². The second kappa shape index (κ2) is 7.35. The summed E-state index contributed by atoms with van der Waals surface area (Å²) in [6, 6.07) is 3.01. The van der Waals surface area contributed by atoms with E-state index in [0.717, 1.165) is 5.56 Å². The van der Waals surface area contributed by atoms with E-state index in [1.807, 2.05) is 4.90 Å². The molecule has 1 saturated heterocycles. The highest BCUT2D eigenvalue weighted by Crippen LogP contribution is 2.30. The van der Waals surface area contributed by atoms with Gasteiger partial charge in [0.05, 0.1) is 17.9 Å². The van der Waals surface area contributed by atoms with Crippen molar-refractivity contribution in [1.29, 1.82) is 0 Å². The number of halogens is 2. The molecule has 0 bridgehead atoms. The number of likely N-dealkylation sites (tertiary alicyclic amines) is 1. The lowest BCUT2D eigenvalue weighted by Gasteiger charge is -2.22. The zero-order chi connectivity index (χ0) is 19.8. The van der Waals surface area contributed by atoms with Gasteiger partial charge in [-0.2, -0.15) is 9.37 Å². The number of aromatic nitrogens is 2. The Kier molecular flexibility index (Phi) is 4.89. The molecule has 4 rings (SSSR count). The van der Waals surface area contributed by atoms with Gasteiger partial charge in [-0.05, 0) is 19.4 Å². The van der Waals surface area contributed by atoms with Crippen LogP contribution in [0.3, 0.4) is 0 Å². The van der Waals surface area contributed by atoms with E-state index in [1.165, 1.54) is 6.07 Å². The number of carbonyl (C=O) groups is 1. The van der Waals surface area contributed by atoms with Crippen molar-refractivity contribution < 1.29 is 18.4 Å². The van der Waals surface area contributed by atoms with Gasteiger partial charge in [-0.1, -0.05) is 16.8 Å². The van der Waals surface area contributed by atoms with Crippen molar-refractivity contribution in [2.24, 2.45) is 4.99 Å². The number of ketones is 1. The first-order valence-electron chi connectivity index (χ1n) is 8.87. The molecule has 0 aliphatic carbocycles. The number of rotatable bonds is 4. The molecule has 2 aromatic heterocycles. The third-order valence-corrected chi connectivity index (χ3v) is 5.19. The van der Waals surface area contributed by atoms with E-state index >= 15 is 0 Å². The van der Waals surface area contributed by atoms with Gasteiger partial charge in [0.1, 0.15) is 23.4 Å². The molecular formula is C19H18ClFN4O3. The molecule has 9 heteroatoms. The Bertz CT molecular complexity index is 982. The van der Waals surface area contributed by atoms with E-state index < -0.39 is 5.95 Å². The maximum atomic E-state index is 14.1. The van der Waals surface area contributed by atoms with Crippen LogP contribution < -0.4 is 4.74 Å². The minimum atomic E-state index is -0.641. The summed E-state index contributed by atoms with van der Waals surface area (Å²) in [6.07, 6.45) is 2.09. The maximum absolute atomic E-state index is 14.1. The van der Waals surface area contributed by atoms with Crippen molar-refractivity contribution in [2.75, 3.05) is 19.6 Å². The smallest absolute Gasteiger partial charge is 0.216 e. The van der Waals surface area contributed by atoms with Crippen molar-refractivity contribution in [3.05, 3.63) is 40.3 Å². The molecule has 2 aliphatic heterocycles. The molecule has 2 aromatic rings. The highest BCUT2D eigenvalue weighted by Gasteiger charge is 2.29. The Morgan fingerprint density at radius 3 is 2.93 bits per heavy atom. The van der Waals surface area contributed by atoms with Crippen molar-refractivity contribution in [3.63, 3.8) is 0 Å². The summed E-state index contributed by atoms with van der Waals surface area (Å²) >= 11 is 6.13. The number of pyridine rings is 1. The minimum Gasteiger partial charge on any atom is -0.472 e. The molecule has 0 aromatic carbocycles. The Hall–Kier alpha value is -2.74. The third kappa shape index (κ3) is 3.52. The largest absolute Gasteiger partial charge is 0.472 e. The number of dihydropyridines is 1. The minimum absolute atomic E-state index is 0.0772. The fraction of sp³-hybridized carbons (Fsp3) is 0.368. The zero-order valence-electron chi connectivity index (χ0n) is 15.4. The van der Waals surface area contributed by atoms with Crippen LogP contribution in [0.5, 0.6) is 5.88 Å². The number of ether oxygens (including phenoxy) is 1. The van der Waals surface area contributed by atoms with E-state index in [-0.39, 0.29) is 29.3 Å². The molecular weight excluding hydrogens is 387 g/mol. The van der Waals surface area contributed by atoms with Gasteiger partial charge in [0, 0.05) is 36.9 Å². The van der Waals surface area contributed by atoms with Crippen LogP contribution in [0, 0.1) is 19.8 Å². The second-order valence-corrected chi connectivity index (χ2v) is 7.16.